The van der Waals surface area contributed by atoms with E-state index in [1.807, 2.05) is 25.1 Å². The minimum absolute atomic E-state index is 0.251. The molecule has 28 heavy (non-hydrogen) atoms. The fourth-order valence-electron chi connectivity index (χ4n) is 4.73. The summed E-state index contributed by atoms with van der Waals surface area (Å²) in [6, 6.07) is 8.73. The zero-order valence-electron chi connectivity index (χ0n) is 17.7. The molecular weight excluding hydrogens is 348 g/mol. The van der Waals surface area contributed by atoms with E-state index in [9.17, 15) is 4.79 Å². The third kappa shape index (κ3) is 4.33. The summed E-state index contributed by atoms with van der Waals surface area (Å²) in [5.41, 5.74) is 2.71. The largest absolute Gasteiger partial charge is 0.461 e. The van der Waals surface area contributed by atoms with Crippen molar-refractivity contribution in [1.29, 1.82) is 0 Å². The number of para-hydroxylation sites is 1. The van der Waals surface area contributed by atoms with Crippen molar-refractivity contribution in [2.24, 2.45) is 11.8 Å². The summed E-state index contributed by atoms with van der Waals surface area (Å²) in [5.74, 6) is 1.10. The van der Waals surface area contributed by atoms with Crippen molar-refractivity contribution in [3.63, 3.8) is 0 Å². The first-order valence-corrected chi connectivity index (χ1v) is 10.7. The molecule has 3 unspecified atom stereocenters. The van der Waals surface area contributed by atoms with Crippen LogP contribution < -0.4 is 0 Å². The number of H-pyrrole nitrogens is 1. The lowest BCUT2D eigenvalue weighted by atomic mass is 9.82. The van der Waals surface area contributed by atoms with Gasteiger partial charge in [-0.25, -0.2) is 4.79 Å². The van der Waals surface area contributed by atoms with Gasteiger partial charge in [-0.3, -0.25) is 4.90 Å². The van der Waals surface area contributed by atoms with Gasteiger partial charge >= 0.3 is 5.97 Å². The van der Waals surface area contributed by atoms with Crippen molar-refractivity contribution in [3.05, 3.63) is 47.7 Å². The first-order chi connectivity index (χ1) is 13.6. The Morgan fingerprint density at radius 2 is 2.11 bits per heavy atom. The van der Waals surface area contributed by atoms with E-state index in [1.54, 1.807) is 0 Å². The van der Waals surface area contributed by atoms with Crippen LogP contribution in [0.4, 0.5) is 0 Å². The number of nitrogens with one attached hydrogen (secondary N) is 1. The standard InChI is InChI=1S/C24H34N2O2/c1-5-10-18-15-19(6-2)17(4)26(16-18)14-13-21-20-11-8-9-12-22(20)25-23(21)24(27)28-7-3/h5,8-12,17-19,25H,6-7,13-16H2,1-4H3/b10-5-. The predicted molar refractivity (Wildman–Crippen MR) is 116 cm³/mol. The maximum absolute atomic E-state index is 12.5. The van der Waals surface area contributed by atoms with Crippen LogP contribution in [-0.4, -0.2) is 41.6 Å². The molecule has 1 aliphatic heterocycles. The van der Waals surface area contributed by atoms with Crippen LogP contribution in [0.15, 0.2) is 36.4 Å². The van der Waals surface area contributed by atoms with Gasteiger partial charge in [0.05, 0.1) is 6.61 Å². The summed E-state index contributed by atoms with van der Waals surface area (Å²) in [4.78, 5) is 18.4. The van der Waals surface area contributed by atoms with Gasteiger partial charge in [-0.05, 0) is 57.1 Å². The van der Waals surface area contributed by atoms with Gasteiger partial charge in [0.25, 0.3) is 0 Å². The number of esters is 1. The molecule has 3 atom stereocenters. The molecule has 0 aliphatic carbocycles. The molecule has 0 radical (unpaired) electrons. The Kier molecular flexibility index (Phi) is 6.95. The monoisotopic (exact) mass is 382 g/mol. The highest BCUT2D eigenvalue weighted by molar-refractivity contribution is 5.98. The summed E-state index contributed by atoms with van der Waals surface area (Å²) < 4.78 is 5.30. The Morgan fingerprint density at radius 1 is 1.32 bits per heavy atom. The maximum Gasteiger partial charge on any atom is 0.355 e. The number of nitrogens with zero attached hydrogens (tertiary/aromatic N) is 1. The summed E-state index contributed by atoms with van der Waals surface area (Å²) in [7, 11) is 0. The number of carbonyl (C=O) groups is 1. The number of aromatic amines is 1. The molecule has 0 spiro atoms. The average Bonchev–Trinajstić information content (AvgIpc) is 3.07. The summed E-state index contributed by atoms with van der Waals surface area (Å²) in [6.45, 7) is 11.1. The molecule has 1 aromatic heterocycles. The van der Waals surface area contributed by atoms with Crippen molar-refractivity contribution in [1.82, 2.24) is 9.88 Å². The number of ether oxygens (including phenoxy) is 1. The van der Waals surface area contributed by atoms with Crippen molar-refractivity contribution in [3.8, 4) is 0 Å². The van der Waals surface area contributed by atoms with Crippen LogP contribution in [0.2, 0.25) is 0 Å². The summed E-state index contributed by atoms with van der Waals surface area (Å²) in [6.07, 6.45) is 7.88. The molecule has 1 aliphatic rings. The van der Waals surface area contributed by atoms with Crippen LogP contribution in [0.1, 0.15) is 56.6 Å². The molecule has 0 bridgehead atoms. The van der Waals surface area contributed by atoms with Crippen LogP contribution in [-0.2, 0) is 11.2 Å². The smallest absolute Gasteiger partial charge is 0.355 e. The van der Waals surface area contributed by atoms with Crippen LogP contribution in [0, 0.1) is 11.8 Å². The number of fused-ring (bicyclic) bond motifs is 1. The number of aromatic nitrogens is 1. The molecule has 0 saturated carbocycles. The Hall–Kier alpha value is -2.07. The van der Waals surface area contributed by atoms with Crippen molar-refractivity contribution in [2.45, 2.75) is 53.0 Å². The van der Waals surface area contributed by atoms with Gasteiger partial charge in [-0.2, -0.15) is 0 Å². The zero-order valence-corrected chi connectivity index (χ0v) is 17.7. The van der Waals surface area contributed by atoms with E-state index in [2.05, 4.69) is 48.9 Å². The normalized spacial score (nSPS) is 23.5. The number of likely N-dealkylation sites (tertiary alicyclic amines) is 1. The second-order valence-corrected chi connectivity index (χ2v) is 7.92. The van der Waals surface area contributed by atoms with E-state index in [0.29, 0.717) is 24.3 Å². The molecule has 1 fully saturated rings. The van der Waals surface area contributed by atoms with Gasteiger partial charge in [0.1, 0.15) is 5.69 Å². The number of benzene rings is 1. The molecule has 0 amide bonds. The molecule has 1 saturated heterocycles. The van der Waals surface area contributed by atoms with E-state index in [0.717, 1.165) is 41.9 Å². The SMILES string of the molecule is C/C=C\C1CC(CC)C(C)N(CCc2c(C(=O)OCC)[nH]c3ccccc23)C1. The fourth-order valence-corrected chi connectivity index (χ4v) is 4.73. The number of hydrogen-bond donors (Lipinski definition) is 1. The van der Waals surface area contributed by atoms with E-state index >= 15 is 0 Å². The van der Waals surface area contributed by atoms with Crippen molar-refractivity contribution >= 4 is 16.9 Å². The number of allylic oxidation sites excluding steroid dienone is 1. The Morgan fingerprint density at radius 3 is 2.82 bits per heavy atom. The number of rotatable bonds is 7. The molecular formula is C24H34N2O2. The van der Waals surface area contributed by atoms with E-state index in [1.165, 1.54) is 12.8 Å². The second kappa shape index (κ2) is 9.42. The minimum Gasteiger partial charge on any atom is -0.461 e. The first kappa shape index (κ1) is 20.7. The van der Waals surface area contributed by atoms with E-state index in [-0.39, 0.29) is 5.97 Å². The van der Waals surface area contributed by atoms with Crippen molar-refractivity contribution < 1.29 is 9.53 Å². The van der Waals surface area contributed by atoms with E-state index in [4.69, 9.17) is 4.74 Å². The highest BCUT2D eigenvalue weighted by Crippen LogP contribution is 2.31. The van der Waals surface area contributed by atoms with Gasteiger partial charge in [0.15, 0.2) is 0 Å². The van der Waals surface area contributed by atoms with Crippen LogP contribution in [0.3, 0.4) is 0 Å². The minimum atomic E-state index is -0.251. The third-order valence-corrected chi connectivity index (χ3v) is 6.26. The quantitative estimate of drug-likeness (QED) is 0.529. The van der Waals surface area contributed by atoms with Crippen LogP contribution >= 0.6 is 0 Å². The molecule has 152 valence electrons. The van der Waals surface area contributed by atoms with Crippen LogP contribution in [0.25, 0.3) is 10.9 Å². The summed E-state index contributed by atoms with van der Waals surface area (Å²) in [5, 5.41) is 1.13. The highest BCUT2D eigenvalue weighted by Gasteiger charge is 2.31. The maximum atomic E-state index is 12.5. The third-order valence-electron chi connectivity index (χ3n) is 6.26. The molecule has 3 rings (SSSR count). The lowest BCUT2D eigenvalue weighted by Crippen LogP contribution is -2.47. The Bertz CT molecular complexity index is 823. The highest BCUT2D eigenvalue weighted by atomic mass is 16.5. The second-order valence-electron chi connectivity index (χ2n) is 7.92. The van der Waals surface area contributed by atoms with Gasteiger partial charge in [-0.1, -0.05) is 43.7 Å². The number of piperidine rings is 1. The van der Waals surface area contributed by atoms with E-state index < -0.39 is 0 Å². The molecule has 2 heterocycles. The molecule has 1 aromatic carbocycles. The van der Waals surface area contributed by atoms with Gasteiger partial charge < -0.3 is 9.72 Å². The molecule has 2 aromatic rings. The van der Waals surface area contributed by atoms with Gasteiger partial charge in [-0.15, -0.1) is 0 Å². The lowest BCUT2D eigenvalue weighted by Gasteiger charge is -2.42. The zero-order chi connectivity index (χ0) is 20.1. The predicted octanol–water partition coefficient (Wildman–Crippen LogP) is 5.20. The van der Waals surface area contributed by atoms with Crippen molar-refractivity contribution in [2.75, 3.05) is 19.7 Å². The Labute approximate surface area is 169 Å². The van der Waals surface area contributed by atoms with Gasteiger partial charge in [0, 0.05) is 30.0 Å². The molecule has 4 nitrogen and oxygen atoms in total. The number of hydrogen-bond acceptors (Lipinski definition) is 3. The summed E-state index contributed by atoms with van der Waals surface area (Å²) >= 11 is 0. The van der Waals surface area contributed by atoms with Crippen LogP contribution in [0.5, 0.6) is 0 Å². The molecule has 4 heteroatoms. The molecule has 1 N–H and O–H groups in total. The first-order valence-electron chi connectivity index (χ1n) is 10.7. The van der Waals surface area contributed by atoms with Gasteiger partial charge in [0.2, 0.25) is 0 Å². The average molecular weight is 383 g/mol. The lowest BCUT2D eigenvalue weighted by molar-refractivity contribution is 0.0518. The Balaban J connectivity index is 1.83. The topological polar surface area (TPSA) is 45.3 Å². The fraction of sp³-hybridized carbons (Fsp3) is 0.542. The number of carbonyl (C=O) groups excluding carboxylic acids is 1.